The molecule has 2 rings (SSSR count). The molecule has 8 nitrogen and oxygen atoms in total. The van der Waals surface area contributed by atoms with Gasteiger partial charge in [0.1, 0.15) is 23.0 Å². The van der Waals surface area contributed by atoms with E-state index in [1.807, 2.05) is 6.92 Å². The molecule has 26 heavy (non-hydrogen) atoms. The number of anilines is 1. The highest BCUT2D eigenvalue weighted by molar-refractivity contribution is 6.02. The first kappa shape index (κ1) is 18.8. The van der Waals surface area contributed by atoms with E-state index in [9.17, 15) is 9.18 Å². The number of nitrogens with zero attached hydrogens (tertiary/aromatic N) is 3. The number of hydrogen-bond donors (Lipinski definition) is 2. The lowest BCUT2D eigenvalue weighted by Crippen LogP contribution is -2.15. The van der Waals surface area contributed by atoms with Crippen molar-refractivity contribution in [3.05, 3.63) is 54.4 Å². The standard InChI is InChI=1S/C17H18FN5O3/c1-4-10(2)26-17(19)23-13-7-11(5-6-12(13)18)22-16(24)14-8-21-15(25-3)9-20-14/h5-9H,2,4H2,1,3H3,(H2,19,23)(H,22,24). The number of nitrogens with two attached hydrogens (primary N) is 1. The fourth-order valence-electron chi connectivity index (χ4n) is 1.77. The van der Waals surface area contributed by atoms with Crippen molar-refractivity contribution in [1.82, 2.24) is 9.97 Å². The van der Waals surface area contributed by atoms with E-state index in [-0.39, 0.29) is 23.3 Å². The Balaban J connectivity index is 2.16. The van der Waals surface area contributed by atoms with Gasteiger partial charge in [0.25, 0.3) is 11.9 Å². The van der Waals surface area contributed by atoms with Gasteiger partial charge in [0.15, 0.2) is 0 Å². The SMILES string of the molecule is C=C(CC)O/C(N)=N\c1cc(NC(=O)c2cnc(OC)cn2)ccc1F. The van der Waals surface area contributed by atoms with Gasteiger partial charge in [0.2, 0.25) is 5.88 Å². The fourth-order valence-corrected chi connectivity index (χ4v) is 1.77. The molecule has 0 spiro atoms. The molecule has 3 N–H and O–H groups in total. The van der Waals surface area contributed by atoms with Crippen LogP contribution in [0.3, 0.4) is 0 Å². The summed E-state index contributed by atoms with van der Waals surface area (Å²) in [6.45, 7) is 5.45. The number of carbonyl (C=O) groups is 1. The number of aromatic nitrogens is 2. The lowest BCUT2D eigenvalue weighted by Gasteiger charge is -2.08. The smallest absolute Gasteiger partial charge is 0.292 e. The third-order valence-corrected chi connectivity index (χ3v) is 3.15. The molecule has 0 aliphatic heterocycles. The van der Waals surface area contributed by atoms with Crippen LogP contribution in [0.15, 0.2) is 47.9 Å². The number of nitrogens with one attached hydrogen (secondary N) is 1. The van der Waals surface area contributed by atoms with E-state index in [1.165, 1.54) is 31.6 Å². The summed E-state index contributed by atoms with van der Waals surface area (Å²) in [5.74, 6) is -0.468. The monoisotopic (exact) mass is 359 g/mol. The van der Waals surface area contributed by atoms with Gasteiger partial charge in [-0.15, -0.1) is 0 Å². The zero-order valence-electron chi connectivity index (χ0n) is 14.3. The Hall–Kier alpha value is -3.49. The summed E-state index contributed by atoms with van der Waals surface area (Å²) in [4.78, 5) is 23.8. The third kappa shape index (κ3) is 5.00. The van der Waals surface area contributed by atoms with Crippen molar-refractivity contribution in [2.45, 2.75) is 13.3 Å². The lowest BCUT2D eigenvalue weighted by molar-refractivity contribution is 0.102. The number of hydrogen-bond acceptors (Lipinski definition) is 6. The summed E-state index contributed by atoms with van der Waals surface area (Å²) in [6, 6.07) is 3.59. The second kappa shape index (κ2) is 8.56. The van der Waals surface area contributed by atoms with E-state index >= 15 is 0 Å². The second-order valence-corrected chi connectivity index (χ2v) is 5.01. The van der Waals surface area contributed by atoms with Crippen molar-refractivity contribution in [2.75, 3.05) is 12.4 Å². The Morgan fingerprint density at radius 3 is 2.77 bits per heavy atom. The van der Waals surface area contributed by atoms with Gasteiger partial charge < -0.3 is 20.5 Å². The molecule has 0 fully saturated rings. The van der Waals surface area contributed by atoms with Crippen LogP contribution in [0.2, 0.25) is 0 Å². The minimum Gasteiger partial charge on any atom is -0.480 e. The quantitative estimate of drug-likeness (QED) is 0.466. The van der Waals surface area contributed by atoms with E-state index in [4.69, 9.17) is 15.2 Å². The number of rotatable bonds is 6. The minimum absolute atomic E-state index is 0.0715. The minimum atomic E-state index is -0.624. The molecule has 0 unspecified atom stereocenters. The first-order valence-electron chi connectivity index (χ1n) is 7.59. The second-order valence-electron chi connectivity index (χ2n) is 5.01. The topological polar surface area (TPSA) is 112 Å². The van der Waals surface area contributed by atoms with E-state index in [0.717, 1.165) is 6.07 Å². The molecule has 0 saturated carbocycles. The average molecular weight is 359 g/mol. The number of amides is 1. The van der Waals surface area contributed by atoms with Crippen LogP contribution in [-0.2, 0) is 4.74 Å². The van der Waals surface area contributed by atoms with Crippen LogP contribution in [0, 0.1) is 5.82 Å². The van der Waals surface area contributed by atoms with Crippen molar-refractivity contribution in [1.29, 1.82) is 0 Å². The van der Waals surface area contributed by atoms with Crippen LogP contribution < -0.4 is 15.8 Å². The van der Waals surface area contributed by atoms with Gasteiger partial charge in [-0.2, -0.15) is 4.99 Å². The van der Waals surface area contributed by atoms with Gasteiger partial charge in [-0.3, -0.25) is 4.79 Å². The average Bonchev–Trinajstić information content (AvgIpc) is 2.64. The number of aliphatic imine (C=N–C) groups is 1. The maximum Gasteiger partial charge on any atom is 0.292 e. The molecule has 0 saturated heterocycles. The maximum atomic E-state index is 13.9. The largest absolute Gasteiger partial charge is 0.480 e. The molecular weight excluding hydrogens is 341 g/mol. The Labute approximate surface area is 149 Å². The van der Waals surface area contributed by atoms with E-state index in [0.29, 0.717) is 17.9 Å². The van der Waals surface area contributed by atoms with E-state index < -0.39 is 11.7 Å². The summed E-state index contributed by atoms with van der Waals surface area (Å²) in [5.41, 5.74) is 5.88. The third-order valence-electron chi connectivity index (χ3n) is 3.15. The molecule has 0 aliphatic carbocycles. The normalized spacial score (nSPS) is 11.0. The zero-order valence-corrected chi connectivity index (χ0v) is 14.3. The Morgan fingerprint density at radius 1 is 1.38 bits per heavy atom. The fraction of sp³-hybridized carbons (Fsp3) is 0.176. The van der Waals surface area contributed by atoms with Gasteiger partial charge in [-0.05, 0) is 18.2 Å². The van der Waals surface area contributed by atoms with Gasteiger partial charge in [0.05, 0.1) is 19.5 Å². The van der Waals surface area contributed by atoms with Gasteiger partial charge in [0, 0.05) is 12.1 Å². The number of methoxy groups -OCH3 is 1. The van der Waals surface area contributed by atoms with Gasteiger partial charge in [-0.1, -0.05) is 13.5 Å². The van der Waals surface area contributed by atoms with Crippen molar-refractivity contribution < 1.29 is 18.7 Å². The molecule has 136 valence electrons. The number of carbonyl (C=O) groups excluding carboxylic acids is 1. The van der Waals surface area contributed by atoms with Crippen LogP contribution in [0.5, 0.6) is 5.88 Å². The maximum absolute atomic E-state index is 13.9. The summed E-state index contributed by atoms with van der Waals surface area (Å²) in [5, 5.41) is 2.57. The number of allylic oxidation sites excluding steroid dienone is 1. The molecule has 0 aliphatic rings. The molecule has 0 bridgehead atoms. The molecule has 1 aromatic carbocycles. The molecule has 1 aromatic heterocycles. The molecule has 2 aromatic rings. The molecule has 9 heteroatoms. The highest BCUT2D eigenvalue weighted by atomic mass is 19.1. The number of ether oxygens (including phenoxy) is 2. The van der Waals surface area contributed by atoms with Gasteiger partial charge >= 0.3 is 0 Å². The Morgan fingerprint density at radius 2 is 2.15 bits per heavy atom. The van der Waals surface area contributed by atoms with Crippen molar-refractivity contribution in [2.24, 2.45) is 10.7 Å². The highest BCUT2D eigenvalue weighted by Crippen LogP contribution is 2.23. The predicted octanol–water partition coefficient (Wildman–Crippen LogP) is 2.76. The predicted molar refractivity (Wildman–Crippen MR) is 94.7 cm³/mol. The van der Waals surface area contributed by atoms with Crippen molar-refractivity contribution >= 4 is 23.3 Å². The highest BCUT2D eigenvalue weighted by Gasteiger charge is 2.11. The Kier molecular flexibility index (Phi) is 6.20. The van der Waals surface area contributed by atoms with Crippen LogP contribution >= 0.6 is 0 Å². The molecule has 0 radical (unpaired) electrons. The molecule has 1 heterocycles. The van der Waals surface area contributed by atoms with Crippen LogP contribution in [0.25, 0.3) is 0 Å². The van der Waals surface area contributed by atoms with E-state index in [2.05, 4.69) is 26.9 Å². The van der Waals surface area contributed by atoms with E-state index in [1.54, 1.807) is 0 Å². The van der Waals surface area contributed by atoms with Crippen LogP contribution in [-0.4, -0.2) is 29.0 Å². The zero-order chi connectivity index (χ0) is 19.1. The van der Waals surface area contributed by atoms with Crippen molar-refractivity contribution in [3.63, 3.8) is 0 Å². The summed E-state index contributed by atoms with van der Waals surface area (Å²) in [6.07, 6.45) is 3.12. The summed E-state index contributed by atoms with van der Waals surface area (Å²) < 4.78 is 23.9. The summed E-state index contributed by atoms with van der Waals surface area (Å²) in [7, 11) is 1.44. The lowest BCUT2D eigenvalue weighted by atomic mass is 10.2. The van der Waals surface area contributed by atoms with Crippen LogP contribution in [0.4, 0.5) is 15.8 Å². The number of amidine groups is 1. The first-order valence-corrected chi connectivity index (χ1v) is 7.59. The number of benzene rings is 1. The summed E-state index contributed by atoms with van der Waals surface area (Å²) >= 11 is 0. The van der Waals surface area contributed by atoms with Gasteiger partial charge in [-0.25, -0.2) is 14.4 Å². The number of halogens is 1. The Bertz CT molecular complexity index is 837. The first-order chi connectivity index (χ1) is 12.4. The molecule has 0 atom stereocenters. The molecule has 1 amide bonds. The van der Waals surface area contributed by atoms with Crippen LogP contribution in [0.1, 0.15) is 23.8 Å². The molecular formula is C17H18FN5O3. The van der Waals surface area contributed by atoms with Crippen molar-refractivity contribution in [3.8, 4) is 5.88 Å².